The number of hydrogen-bond acceptors (Lipinski definition) is 4. The van der Waals surface area contributed by atoms with Gasteiger partial charge >= 0.3 is 0 Å². The lowest BCUT2D eigenvalue weighted by atomic mass is 9.93. The molecule has 1 fully saturated rings. The van der Waals surface area contributed by atoms with Crippen molar-refractivity contribution in [1.82, 2.24) is 14.9 Å². The zero-order chi connectivity index (χ0) is 12.8. The van der Waals surface area contributed by atoms with Gasteiger partial charge in [-0.3, -0.25) is 4.79 Å². The molecule has 0 radical (unpaired) electrons. The normalized spacial score (nSPS) is 23.7. The summed E-state index contributed by atoms with van der Waals surface area (Å²) in [5, 5.41) is 6.19. The molecule has 1 atom stereocenters. The standard InChI is InChI=1S/C11H15N3O3S/c15-11-6-7-5-8(1-4-10(7)12-13-11)14-18(16,17)9-2-3-9/h6,8-9,14H,1-5H2,(H,13,15). The Bertz CT molecular complexity index is 619. The summed E-state index contributed by atoms with van der Waals surface area (Å²) in [6.45, 7) is 0. The van der Waals surface area contributed by atoms with Crippen LogP contribution in [0.3, 0.4) is 0 Å². The topological polar surface area (TPSA) is 91.9 Å². The molecule has 0 aliphatic heterocycles. The van der Waals surface area contributed by atoms with Gasteiger partial charge in [-0.1, -0.05) is 0 Å². The van der Waals surface area contributed by atoms with Crippen LogP contribution in [0.2, 0.25) is 0 Å². The van der Waals surface area contributed by atoms with Gasteiger partial charge in [0.05, 0.1) is 10.9 Å². The van der Waals surface area contributed by atoms with Gasteiger partial charge < -0.3 is 0 Å². The van der Waals surface area contributed by atoms with Crippen LogP contribution in [0.15, 0.2) is 10.9 Å². The summed E-state index contributed by atoms with van der Waals surface area (Å²) in [7, 11) is -3.16. The first-order chi connectivity index (χ1) is 8.54. The molecule has 7 heteroatoms. The minimum Gasteiger partial charge on any atom is -0.268 e. The first-order valence-corrected chi connectivity index (χ1v) is 7.68. The lowest BCUT2D eigenvalue weighted by molar-refractivity contribution is 0.499. The van der Waals surface area contributed by atoms with Crippen molar-refractivity contribution in [2.75, 3.05) is 0 Å². The van der Waals surface area contributed by atoms with Crippen molar-refractivity contribution in [2.24, 2.45) is 0 Å². The van der Waals surface area contributed by atoms with Gasteiger partial charge in [0.15, 0.2) is 0 Å². The van der Waals surface area contributed by atoms with Gasteiger partial charge in [0.25, 0.3) is 5.56 Å². The predicted octanol–water partition coefficient (Wildman–Crippen LogP) is -0.291. The lowest BCUT2D eigenvalue weighted by Crippen LogP contribution is -2.41. The maximum absolute atomic E-state index is 11.8. The summed E-state index contributed by atoms with van der Waals surface area (Å²) in [6, 6.07) is 1.41. The number of aromatic amines is 1. The van der Waals surface area contributed by atoms with Crippen LogP contribution in [-0.2, 0) is 22.9 Å². The Morgan fingerprint density at radius 1 is 1.33 bits per heavy atom. The molecule has 3 rings (SSSR count). The van der Waals surface area contributed by atoms with Crippen molar-refractivity contribution in [3.63, 3.8) is 0 Å². The highest BCUT2D eigenvalue weighted by Gasteiger charge is 2.37. The minimum absolute atomic E-state index is 0.105. The molecule has 0 spiro atoms. The number of hydrogen-bond donors (Lipinski definition) is 2. The van der Waals surface area contributed by atoms with E-state index in [0.717, 1.165) is 30.5 Å². The first-order valence-electron chi connectivity index (χ1n) is 6.13. The smallest absolute Gasteiger partial charge is 0.264 e. The molecule has 98 valence electrons. The third-order valence-electron chi connectivity index (χ3n) is 3.47. The van der Waals surface area contributed by atoms with E-state index >= 15 is 0 Å². The van der Waals surface area contributed by atoms with Crippen molar-refractivity contribution in [2.45, 2.75) is 43.4 Å². The van der Waals surface area contributed by atoms with E-state index in [0.29, 0.717) is 12.8 Å². The summed E-state index contributed by atoms with van der Waals surface area (Å²) in [6.07, 6.45) is 3.51. The van der Waals surface area contributed by atoms with Crippen molar-refractivity contribution in [3.05, 3.63) is 27.7 Å². The number of aromatic nitrogens is 2. The molecule has 0 aromatic carbocycles. The van der Waals surface area contributed by atoms with Crippen molar-refractivity contribution >= 4 is 10.0 Å². The zero-order valence-electron chi connectivity index (χ0n) is 9.85. The molecule has 0 amide bonds. The second-order valence-electron chi connectivity index (χ2n) is 5.01. The Balaban J connectivity index is 1.76. The van der Waals surface area contributed by atoms with E-state index in [-0.39, 0.29) is 16.9 Å². The van der Waals surface area contributed by atoms with Crippen molar-refractivity contribution < 1.29 is 8.42 Å². The van der Waals surface area contributed by atoms with Crippen LogP contribution in [0.5, 0.6) is 0 Å². The highest BCUT2D eigenvalue weighted by Crippen LogP contribution is 2.28. The second-order valence-corrected chi connectivity index (χ2v) is 7.00. The molecule has 0 bridgehead atoms. The van der Waals surface area contributed by atoms with Gasteiger partial charge in [-0.2, -0.15) is 5.10 Å². The number of nitrogens with zero attached hydrogens (tertiary/aromatic N) is 1. The molecule has 1 heterocycles. The molecule has 1 aromatic heterocycles. The summed E-state index contributed by atoms with van der Waals surface area (Å²) in [5.41, 5.74) is 1.49. The van der Waals surface area contributed by atoms with E-state index in [1.54, 1.807) is 0 Å². The van der Waals surface area contributed by atoms with Crippen molar-refractivity contribution in [3.8, 4) is 0 Å². The highest BCUT2D eigenvalue weighted by atomic mass is 32.2. The molecular weight excluding hydrogens is 254 g/mol. The average molecular weight is 269 g/mol. The molecule has 0 saturated heterocycles. The zero-order valence-corrected chi connectivity index (χ0v) is 10.7. The van der Waals surface area contributed by atoms with Gasteiger partial charge in [0.1, 0.15) is 0 Å². The molecule has 2 aliphatic carbocycles. The average Bonchev–Trinajstić information content (AvgIpc) is 3.11. The Labute approximate surface area is 105 Å². The summed E-state index contributed by atoms with van der Waals surface area (Å²) >= 11 is 0. The molecule has 2 N–H and O–H groups in total. The molecule has 1 unspecified atom stereocenters. The SMILES string of the molecule is O=c1cc2c(n[nH]1)CCC(NS(=O)(=O)C1CC1)C2. The van der Waals surface area contributed by atoms with E-state index < -0.39 is 10.0 Å². The summed E-state index contributed by atoms with van der Waals surface area (Å²) in [4.78, 5) is 11.2. The number of fused-ring (bicyclic) bond motifs is 1. The molecular formula is C11H15N3O3S. The number of sulfonamides is 1. The van der Waals surface area contributed by atoms with Crippen LogP contribution < -0.4 is 10.3 Å². The van der Waals surface area contributed by atoms with Crippen LogP contribution in [0, 0.1) is 0 Å². The lowest BCUT2D eigenvalue weighted by Gasteiger charge is -2.24. The molecule has 6 nitrogen and oxygen atoms in total. The van der Waals surface area contributed by atoms with E-state index in [1.807, 2.05) is 0 Å². The van der Waals surface area contributed by atoms with Gasteiger partial charge in [0.2, 0.25) is 10.0 Å². The molecule has 1 aromatic rings. The number of rotatable bonds is 3. The summed E-state index contributed by atoms with van der Waals surface area (Å²) in [5.74, 6) is 0. The Kier molecular flexibility index (Phi) is 2.74. The quantitative estimate of drug-likeness (QED) is 0.788. The largest absolute Gasteiger partial charge is 0.268 e. The van der Waals surface area contributed by atoms with E-state index in [2.05, 4.69) is 14.9 Å². The molecule has 1 saturated carbocycles. The number of H-pyrrole nitrogens is 1. The number of aryl methyl sites for hydroxylation is 1. The Morgan fingerprint density at radius 3 is 2.83 bits per heavy atom. The number of nitrogens with one attached hydrogen (secondary N) is 2. The van der Waals surface area contributed by atoms with Gasteiger partial charge in [-0.25, -0.2) is 18.2 Å². The first kappa shape index (κ1) is 11.9. The van der Waals surface area contributed by atoms with E-state index in [9.17, 15) is 13.2 Å². The Hall–Kier alpha value is -1.21. The highest BCUT2D eigenvalue weighted by molar-refractivity contribution is 7.90. The molecule has 2 aliphatic rings. The van der Waals surface area contributed by atoms with E-state index in [1.165, 1.54) is 6.07 Å². The third-order valence-corrected chi connectivity index (χ3v) is 5.48. The Morgan fingerprint density at radius 2 is 2.11 bits per heavy atom. The van der Waals surface area contributed by atoms with Crippen LogP contribution >= 0.6 is 0 Å². The van der Waals surface area contributed by atoms with E-state index in [4.69, 9.17) is 0 Å². The van der Waals surface area contributed by atoms with Crippen molar-refractivity contribution in [1.29, 1.82) is 0 Å². The van der Waals surface area contributed by atoms with Gasteiger partial charge in [0, 0.05) is 12.1 Å². The fourth-order valence-electron chi connectivity index (χ4n) is 2.35. The fourth-order valence-corrected chi connectivity index (χ4v) is 3.96. The predicted molar refractivity (Wildman–Crippen MR) is 65.7 cm³/mol. The van der Waals surface area contributed by atoms with Crippen LogP contribution in [0.1, 0.15) is 30.5 Å². The summed E-state index contributed by atoms with van der Waals surface area (Å²) < 4.78 is 26.4. The van der Waals surface area contributed by atoms with Gasteiger partial charge in [-0.15, -0.1) is 0 Å². The van der Waals surface area contributed by atoms with Crippen LogP contribution in [-0.4, -0.2) is 29.9 Å². The van der Waals surface area contributed by atoms with Crippen LogP contribution in [0.25, 0.3) is 0 Å². The van der Waals surface area contributed by atoms with Gasteiger partial charge in [-0.05, 0) is 37.7 Å². The second kappa shape index (κ2) is 4.17. The minimum atomic E-state index is -3.16. The third kappa shape index (κ3) is 2.32. The maximum Gasteiger partial charge on any atom is 0.264 e. The van der Waals surface area contributed by atoms with Crippen LogP contribution in [0.4, 0.5) is 0 Å². The monoisotopic (exact) mass is 269 g/mol. The fraction of sp³-hybridized carbons (Fsp3) is 0.636. The maximum atomic E-state index is 11.8. The molecule has 18 heavy (non-hydrogen) atoms.